The van der Waals surface area contributed by atoms with E-state index in [1.165, 1.54) is 6.20 Å². The molecule has 0 bridgehead atoms. The number of aliphatic hydroxyl groups excluding tert-OH is 1. The molecule has 1 aromatic heterocycles. The quantitative estimate of drug-likeness (QED) is 0.468. The number of aromatic nitrogens is 2. The van der Waals surface area contributed by atoms with Crippen molar-refractivity contribution in [3.63, 3.8) is 0 Å². The zero-order valence-electron chi connectivity index (χ0n) is 17.0. The van der Waals surface area contributed by atoms with Gasteiger partial charge in [-0.2, -0.15) is 0 Å². The van der Waals surface area contributed by atoms with Crippen molar-refractivity contribution >= 4 is 34.3 Å². The molecule has 0 saturated carbocycles. The predicted octanol–water partition coefficient (Wildman–Crippen LogP) is 4.49. The van der Waals surface area contributed by atoms with Gasteiger partial charge in [-0.15, -0.1) is 0 Å². The van der Waals surface area contributed by atoms with E-state index in [0.717, 1.165) is 5.71 Å². The highest BCUT2D eigenvalue weighted by atomic mass is 35.5. The Hall–Kier alpha value is -3.23. The molecule has 2 unspecified atom stereocenters. The number of ether oxygens (including phenoxy) is 2. The Morgan fingerprint density at radius 3 is 2.48 bits per heavy atom. The summed E-state index contributed by atoms with van der Waals surface area (Å²) in [6, 6.07) is 11.7. The van der Waals surface area contributed by atoms with Gasteiger partial charge in [0.25, 0.3) is 0 Å². The molecule has 2 aromatic carbocycles. The average molecular weight is 444 g/mol. The van der Waals surface area contributed by atoms with Crippen molar-refractivity contribution in [3.05, 3.63) is 53.7 Å². The zero-order valence-corrected chi connectivity index (χ0v) is 17.8. The number of carboxylic acid groups (broad SMARTS) is 1. The van der Waals surface area contributed by atoms with Crippen LogP contribution in [-0.4, -0.2) is 44.2 Å². The molecule has 3 rings (SSSR count). The molecule has 0 aliphatic heterocycles. The van der Waals surface area contributed by atoms with E-state index in [1.807, 2.05) is 0 Å². The van der Waals surface area contributed by atoms with E-state index in [0.29, 0.717) is 33.4 Å². The normalized spacial score (nSPS) is 12.8. The second-order valence-corrected chi connectivity index (χ2v) is 7.43. The van der Waals surface area contributed by atoms with E-state index < -0.39 is 18.3 Å². The third kappa shape index (κ3) is 6.63. The summed E-state index contributed by atoms with van der Waals surface area (Å²) < 4.78 is 11.3. The lowest BCUT2D eigenvalue weighted by atomic mass is 10.2. The molecule has 8 nitrogen and oxygen atoms in total. The molecule has 1 heterocycles. The summed E-state index contributed by atoms with van der Waals surface area (Å²) in [6.07, 6.45) is -0.274. The van der Waals surface area contributed by atoms with Crippen molar-refractivity contribution < 1.29 is 24.5 Å². The Kier molecular flexibility index (Phi) is 7.38. The summed E-state index contributed by atoms with van der Waals surface area (Å²) in [7, 11) is 0. The van der Waals surface area contributed by atoms with Gasteiger partial charge in [-0.05, 0) is 69.2 Å². The number of aliphatic imine (C=N–C) groups is 1. The first-order valence-corrected chi connectivity index (χ1v) is 9.97. The van der Waals surface area contributed by atoms with Gasteiger partial charge >= 0.3 is 5.97 Å². The fraction of sp³-hybridized carbons (Fsp3) is 0.273. The Bertz CT molecular complexity index is 1080. The molecular weight excluding hydrogens is 422 g/mol. The van der Waals surface area contributed by atoms with Crippen molar-refractivity contribution in [2.75, 3.05) is 0 Å². The number of fused-ring (bicyclic) bond motifs is 1. The average Bonchev–Trinajstić information content (AvgIpc) is 2.71. The monoisotopic (exact) mass is 443 g/mol. The minimum atomic E-state index is -1.11. The molecule has 0 fully saturated rings. The number of aliphatic hydroxyl groups is 1. The summed E-state index contributed by atoms with van der Waals surface area (Å²) in [5, 5.41) is 19.8. The molecule has 0 aliphatic rings. The van der Waals surface area contributed by atoms with Crippen molar-refractivity contribution in [1.29, 1.82) is 0 Å². The van der Waals surface area contributed by atoms with Crippen LogP contribution in [0.5, 0.6) is 17.4 Å². The number of carboxylic acids is 1. The van der Waals surface area contributed by atoms with Gasteiger partial charge in [0, 0.05) is 10.7 Å². The highest BCUT2D eigenvalue weighted by molar-refractivity contribution is 6.31. The molecule has 2 atom stereocenters. The van der Waals surface area contributed by atoms with Gasteiger partial charge in [-0.25, -0.2) is 14.8 Å². The highest BCUT2D eigenvalue weighted by Crippen LogP contribution is 2.25. The Labute approximate surface area is 184 Å². The minimum absolute atomic E-state index is 0.113. The molecule has 0 aliphatic carbocycles. The SMILES string of the molecule is CC(C)=NC(O)CCC(Oc1ccc(Oc2cnc3cc(Cl)ccc3n2)cc1)C(=O)O. The minimum Gasteiger partial charge on any atom is -0.479 e. The van der Waals surface area contributed by atoms with Crippen molar-refractivity contribution in [2.24, 2.45) is 4.99 Å². The summed E-state index contributed by atoms with van der Waals surface area (Å²) >= 11 is 5.95. The van der Waals surface area contributed by atoms with Crippen LogP contribution in [0.1, 0.15) is 26.7 Å². The fourth-order valence-electron chi connectivity index (χ4n) is 2.78. The summed E-state index contributed by atoms with van der Waals surface area (Å²) in [5.41, 5.74) is 2.03. The molecule has 0 saturated heterocycles. The predicted molar refractivity (Wildman–Crippen MR) is 117 cm³/mol. The van der Waals surface area contributed by atoms with Gasteiger partial charge in [0.1, 0.15) is 17.7 Å². The topological polar surface area (TPSA) is 114 Å². The molecule has 162 valence electrons. The van der Waals surface area contributed by atoms with Crippen LogP contribution in [0.2, 0.25) is 5.02 Å². The molecule has 0 radical (unpaired) electrons. The van der Waals surface area contributed by atoms with Gasteiger partial charge in [0.2, 0.25) is 5.88 Å². The standard InChI is InChI=1S/C22H22ClN3O5/c1-13(2)25-20(27)10-9-19(22(28)29)30-15-4-6-16(7-5-15)31-21-12-24-18-11-14(23)3-8-17(18)26-21/h3-8,11-12,19-20,27H,9-10H2,1-2H3,(H,28,29). The first-order chi connectivity index (χ1) is 14.8. The molecule has 2 N–H and O–H groups in total. The number of carbonyl (C=O) groups is 1. The molecule has 0 amide bonds. The lowest BCUT2D eigenvalue weighted by molar-refractivity contribution is -0.145. The second-order valence-electron chi connectivity index (χ2n) is 6.99. The van der Waals surface area contributed by atoms with E-state index in [-0.39, 0.29) is 12.8 Å². The van der Waals surface area contributed by atoms with Crippen LogP contribution < -0.4 is 9.47 Å². The van der Waals surface area contributed by atoms with Gasteiger partial charge in [-0.3, -0.25) is 4.99 Å². The first kappa shape index (κ1) is 22.5. The van der Waals surface area contributed by atoms with Crippen LogP contribution in [0.4, 0.5) is 0 Å². The zero-order chi connectivity index (χ0) is 22.4. The smallest absolute Gasteiger partial charge is 0.344 e. The summed E-state index contributed by atoms with van der Waals surface area (Å²) in [4.78, 5) is 24.1. The van der Waals surface area contributed by atoms with Crippen molar-refractivity contribution in [2.45, 2.75) is 39.0 Å². The maximum absolute atomic E-state index is 11.5. The molecule has 31 heavy (non-hydrogen) atoms. The van der Waals surface area contributed by atoms with Gasteiger partial charge in [-0.1, -0.05) is 11.6 Å². The van der Waals surface area contributed by atoms with Crippen LogP contribution in [0.25, 0.3) is 11.0 Å². The molecule has 3 aromatic rings. The summed E-state index contributed by atoms with van der Waals surface area (Å²) in [6.45, 7) is 3.52. The molecule has 9 heteroatoms. The second kappa shape index (κ2) is 10.2. The van der Waals surface area contributed by atoms with Crippen LogP contribution in [0, 0.1) is 0 Å². The molecule has 0 spiro atoms. The van der Waals surface area contributed by atoms with E-state index in [9.17, 15) is 15.0 Å². The number of benzene rings is 2. The number of nitrogens with zero attached hydrogens (tertiary/aromatic N) is 3. The number of hydrogen-bond donors (Lipinski definition) is 2. The van der Waals surface area contributed by atoms with Crippen LogP contribution in [0.3, 0.4) is 0 Å². The largest absolute Gasteiger partial charge is 0.479 e. The van der Waals surface area contributed by atoms with Crippen molar-refractivity contribution in [3.8, 4) is 17.4 Å². The number of aliphatic carboxylic acids is 1. The first-order valence-electron chi connectivity index (χ1n) is 9.59. The van der Waals surface area contributed by atoms with E-state index >= 15 is 0 Å². The maximum atomic E-state index is 11.5. The lowest BCUT2D eigenvalue weighted by Gasteiger charge is -2.16. The number of hydrogen-bond acceptors (Lipinski definition) is 7. The Morgan fingerprint density at radius 2 is 1.81 bits per heavy atom. The lowest BCUT2D eigenvalue weighted by Crippen LogP contribution is -2.28. The Balaban J connectivity index is 1.62. The van der Waals surface area contributed by atoms with Crippen molar-refractivity contribution in [1.82, 2.24) is 9.97 Å². The van der Waals surface area contributed by atoms with E-state index in [4.69, 9.17) is 21.1 Å². The Morgan fingerprint density at radius 1 is 1.10 bits per heavy atom. The van der Waals surface area contributed by atoms with Crippen LogP contribution >= 0.6 is 11.6 Å². The van der Waals surface area contributed by atoms with E-state index in [1.54, 1.807) is 56.3 Å². The molecular formula is C22H22ClN3O5. The van der Waals surface area contributed by atoms with E-state index in [2.05, 4.69) is 15.0 Å². The van der Waals surface area contributed by atoms with Crippen LogP contribution in [0.15, 0.2) is 53.7 Å². The third-order valence-electron chi connectivity index (χ3n) is 4.18. The third-order valence-corrected chi connectivity index (χ3v) is 4.41. The number of rotatable bonds is 9. The summed E-state index contributed by atoms with van der Waals surface area (Å²) in [5.74, 6) is 0.0533. The maximum Gasteiger partial charge on any atom is 0.344 e. The number of halogens is 1. The van der Waals surface area contributed by atoms with Gasteiger partial charge in [0.15, 0.2) is 6.10 Å². The fourth-order valence-corrected chi connectivity index (χ4v) is 2.95. The van der Waals surface area contributed by atoms with Gasteiger partial charge in [0.05, 0.1) is 17.2 Å². The van der Waals surface area contributed by atoms with Crippen LogP contribution in [-0.2, 0) is 4.79 Å². The van der Waals surface area contributed by atoms with Gasteiger partial charge < -0.3 is 19.7 Å². The highest BCUT2D eigenvalue weighted by Gasteiger charge is 2.21.